The number of aliphatic carboxylic acids is 1. The molecule has 0 bridgehead atoms. The zero-order valence-corrected chi connectivity index (χ0v) is 16.4. The topological polar surface area (TPSA) is 60.9 Å². The van der Waals surface area contributed by atoms with Gasteiger partial charge in [0.2, 0.25) is 5.91 Å². The summed E-state index contributed by atoms with van der Waals surface area (Å²) >= 11 is 0. The number of anilines is 1. The van der Waals surface area contributed by atoms with Crippen LogP contribution in [0.3, 0.4) is 0 Å². The lowest BCUT2D eigenvalue weighted by Crippen LogP contribution is -2.40. The van der Waals surface area contributed by atoms with Crippen molar-refractivity contribution in [2.45, 2.75) is 52.4 Å². The summed E-state index contributed by atoms with van der Waals surface area (Å²) < 4.78 is 13.6. The SMILES string of the molecule is CCCCCCCN(C(=O)CN1CCC(C(=O)O)C1)c1ccc(F)c(C)c1. The molecular formula is C21H31FN2O3. The van der Waals surface area contributed by atoms with Crippen LogP contribution in [0.2, 0.25) is 0 Å². The van der Waals surface area contributed by atoms with Crippen LogP contribution in [0, 0.1) is 18.7 Å². The molecular weight excluding hydrogens is 347 g/mol. The molecule has 1 aromatic carbocycles. The number of benzene rings is 1. The molecule has 1 heterocycles. The summed E-state index contributed by atoms with van der Waals surface area (Å²) in [6.45, 7) is 5.69. The van der Waals surface area contributed by atoms with Crippen LogP contribution >= 0.6 is 0 Å². The number of carboxylic acids is 1. The highest BCUT2D eigenvalue weighted by atomic mass is 19.1. The molecule has 0 aliphatic carbocycles. The first kappa shape index (κ1) is 21.4. The quantitative estimate of drug-likeness (QED) is 0.629. The first-order chi connectivity index (χ1) is 12.9. The Bertz CT molecular complexity index is 650. The molecule has 1 fully saturated rings. The molecule has 0 spiro atoms. The smallest absolute Gasteiger partial charge is 0.307 e. The van der Waals surface area contributed by atoms with E-state index in [0.29, 0.717) is 37.3 Å². The molecule has 5 nitrogen and oxygen atoms in total. The minimum Gasteiger partial charge on any atom is -0.481 e. The van der Waals surface area contributed by atoms with Gasteiger partial charge in [-0.1, -0.05) is 32.6 Å². The van der Waals surface area contributed by atoms with Gasteiger partial charge in [0.1, 0.15) is 5.82 Å². The molecule has 1 aliphatic rings. The number of hydrogen-bond donors (Lipinski definition) is 1. The van der Waals surface area contributed by atoms with Crippen molar-refractivity contribution in [3.8, 4) is 0 Å². The van der Waals surface area contributed by atoms with Crippen molar-refractivity contribution in [2.75, 3.05) is 31.1 Å². The number of carbonyl (C=O) groups is 2. The first-order valence-corrected chi connectivity index (χ1v) is 9.94. The van der Waals surface area contributed by atoms with Gasteiger partial charge >= 0.3 is 5.97 Å². The van der Waals surface area contributed by atoms with Crippen molar-refractivity contribution >= 4 is 17.6 Å². The fourth-order valence-electron chi connectivity index (χ4n) is 3.52. The molecule has 150 valence electrons. The van der Waals surface area contributed by atoms with E-state index >= 15 is 0 Å². The summed E-state index contributed by atoms with van der Waals surface area (Å²) in [7, 11) is 0. The van der Waals surface area contributed by atoms with Crippen molar-refractivity contribution in [3.05, 3.63) is 29.6 Å². The van der Waals surface area contributed by atoms with E-state index in [1.54, 1.807) is 24.0 Å². The third-order valence-electron chi connectivity index (χ3n) is 5.22. The molecule has 0 aromatic heterocycles. The van der Waals surface area contributed by atoms with E-state index in [2.05, 4.69) is 6.92 Å². The number of nitrogens with zero attached hydrogens (tertiary/aromatic N) is 2. The Balaban J connectivity index is 2.02. The Labute approximate surface area is 161 Å². The van der Waals surface area contributed by atoms with E-state index in [9.17, 15) is 14.0 Å². The van der Waals surface area contributed by atoms with Gasteiger partial charge in [-0.3, -0.25) is 14.5 Å². The second kappa shape index (κ2) is 10.4. The molecule has 1 atom stereocenters. The maximum atomic E-state index is 13.6. The Hall–Kier alpha value is -1.95. The summed E-state index contributed by atoms with van der Waals surface area (Å²) in [6, 6.07) is 4.76. The standard InChI is InChI=1S/C21H31FN2O3/c1-3-4-5-6-7-11-24(18-8-9-19(22)16(2)13-18)20(25)15-23-12-10-17(14-23)21(26)27/h8-9,13,17H,3-7,10-12,14-15H2,1-2H3,(H,26,27). The zero-order chi connectivity index (χ0) is 19.8. The van der Waals surface area contributed by atoms with Crippen LogP contribution in [-0.4, -0.2) is 48.1 Å². The Kier molecular flexibility index (Phi) is 8.23. The van der Waals surface area contributed by atoms with E-state index < -0.39 is 11.9 Å². The number of amides is 1. The molecule has 1 aromatic rings. The van der Waals surface area contributed by atoms with E-state index in [-0.39, 0.29) is 18.3 Å². The highest BCUT2D eigenvalue weighted by molar-refractivity contribution is 5.95. The Morgan fingerprint density at radius 2 is 2.00 bits per heavy atom. The normalized spacial score (nSPS) is 17.2. The van der Waals surface area contributed by atoms with Crippen molar-refractivity contribution in [1.29, 1.82) is 0 Å². The minimum absolute atomic E-state index is 0.0532. The Morgan fingerprint density at radius 1 is 1.26 bits per heavy atom. The molecule has 1 aliphatic heterocycles. The molecule has 0 saturated carbocycles. The van der Waals surface area contributed by atoms with Crippen LogP contribution in [0.15, 0.2) is 18.2 Å². The van der Waals surface area contributed by atoms with Gasteiger partial charge < -0.3 is 10.0 Å². The summed E-state index contributed by atoms with van der Waals surface area (Å²) in [6.07, 6.45) is 6.04. The Morgan fingerprint density at radius 3 is 2.63 bits per heavy atom. The van der Waals surface area contributed by atoms with Crippen molar-refractivity contribution < 1.29 is 19.1 Å². The number of halogens is 1. The van der Waals surface area contributed by atoms with Gasteiger partial charge in [-0.25, -0.2) is 4.39 Å². The molecule has 6 heteroatoms. The van der Waals surface area contributed by atoms with Gasteiger partial charge in [-0.05, 0) is 50.1 Å². The predicted octanol–water partition coefficient (Wildman–Crippen LogP) is 3.84. The summed E-state index contributed by atoms with van der Waals surface area (Å²) in [4.78, 5) is 27.7. The van der Waals surface area contributed by atoms with E-state index in [1.165, 1.54) is 18.9 Å². The van der Waals surface area contributed by atoms with Crippen LogP contribution in [0.4, 0.5) is 10.1 Å². The minimum atomic E-state index is -0.799. The number of unbranched alkanes of at least 4 members (excludes halogenated alkanes) is 4. The van der Waals surface area contributed by atoms with Crippen LogP contribution in [0.5, 0.6) is 0 Å². The molecule has 2 rings (SSSR count). The zero-order valence-electron chi connectivity index (χ0n) is 16.4. The average Bonchev–Trinajstić information content (AvgIpc) is 3.09. The summed E-state index contributed by atoms with van der Waals surface area (Å²) in [5.41, 5.74) is 1.23. The van der Waals surface area contributed by atoms with Crippen molar-refractivity contribution in [2.24, 2.45) is 5.92 Å². The van der Waals surface area contributed by atoms with E-state index in [4.69, 9.17) is 5.11 Å². The van der Waals surface area contributed by atoms with Gasteiger partial charge in [0.05, 0.1) is 12.5 Å². The lowest BCUT2D eigenvalue weighted by Gasteiger charge is -2.26. The molecule has 1 saturated heterocycles. The number of carbonyl (C=O) groups excluding carboxylic acids is 1. The van der Waals surface area contributed by atoms with Crippen LogP contribution in [0.25, 0.3) is 0 Å². The molecule has 1 unspecified atom stereocenters. The van der Waals surface area contributed by atoms with Crippen molar-refractivity contribution in [1.82, 2.24) is 4.90 Å². The van der Waals surface area contributed by atoms with Gasteiger partial charge in [0.25, 0.3) is 0 Å². The molecule has 1 N–H and O–H groups in total. The highest BCUT2D eigenvalue weighted by Crippen LogP contribution is 2.21. The largest absolute Gasteiger partial charge is 0.481 e. The maximum absolute atomic E-state index is 13.6. The maximum Gasteiger partial charge on any atom is 0.307 e. The van der Waals surface area contributed by atoms with Gasteiger partial charge in [0.15, 0.2) is 0 Å². The summed E-state index contributed by atoms with van der Waals surface area (Å²) in [5, 5.41) is 9.14. The monoisotopic (exact) mass is 378 g/mol. The molecule has 0 radical (unpaired) electrons. The number of hydrogen-bond acceptors (Lipinski definition) is 3. The molecule has 27 heavy (non-hydrogen) atoms. The molecule has 1 amide bonds. The third kappa shape index (κ3) is 6.31. The second-order valence-electron chi connectivity index (χ2n) is 7.45. The lowest BCUT2D eigenvalue weighted by molar-refractivity contribution is -0.141. The average molecular weight is 378 g/mol. The first-order valence-electron chi connectivity index (χ1n) is 9.94. The summed E-state index contributed by atoms with van der Waals surface area (Å²) in [5.74, 6) is -1.53. The number of aryl methyl sites for hydroxylation is 1. The van der Waals surface area contributed by atoms with Crippen LogP contribution in [0.1, 0.15) is 51.0 Å². The van der Waals surface area contributed by atoms with Crippen molar-refractivity contribution in [3.63, 3.8) is 0 Å². The van der Waals surface area contributed by atoms with Crippen LogP contribution in [-0.2, 0) is 9.59 Å². The lowest BCUT2D eigenvalue weighted by atomic mass is 10.1. The predicted molar refractivity (Wildman–Crippen MR) is 104 cm³/mol. The van der Waals surface area contributed by atoms with Gasteiger partial charge in [0, 0.05) is 18.8 Å². The fraction of sp³-hybridized carbons (Fsp3) is 0.619. The van der Waals surface area contributed by atoms with Gasteiger partial charge in [-0.2, -0.15) is 0 Å². The number of rotatable bonds is 10. The second-order valence-corrected chi connectivity index (χ2v) is 7.45. The third-order valence-corrected chi connectivity index (χ3v) is 5.22. The highest BCUT2D eigenvalue weighted by Gasteiger charge is 2.30. The van der Waals surface area contributed by atoms with E-state index in [0.717, 1.165) is 19.3 Å². The number of likely N-dealkylation sites (tertiary alicyclic amines) is 1. The van der Waals surface area contributed by atoms with Crippen LogP contribution < -0.4 is 4.90 Å². The van der Waals surface area contributed by atoms with E-state index in [1.807, 2.05) is 4.90 Å². The number of carboxylic acid groups (broad SMARTS) is 1. The fourth-order valence-corrected chi connectivity index (χ4v) is 3.52. The van der Waals surface area contributed by atoms with Gasteiger partial charge in [-0.15, -0.1) is 0 Å².